The lowest BCUT2D eigenvalue weighted by Crippen LogP contribution is -2.51. The maximum atomic E-state index is 13.7. The molecule has 4 nitrogen and oxygen atoms in total. The summed E-state index contributed by atoms with van der Waals surface area (Å²) in [6.45, 7) is 0.854. The van der Waals surface area contributed by atoms with Gasteiger partial charge in [0.2, 0.25) is 0 Å². The predicted octanol–water partition coefficient (Wildman–Crippen LogP) is 2.01. The largest absolute Gasteiger partial charge is 0.412 e. The van der Waals surface area contributed by atoms with Gasteiger partial charge in [0.15, 0.2) is 17.7 Å². The predicted molar refractivity (Wildman–Crippen MR) is 70.5 cm³/mol. The molecule has 1 heterocycles. The summed E-state index contributed by atoms with van der Waals surface area (Å²) < 4.78 is 71.5. The summed E-state index contributed by atoms with van der Waals surface area (Å²) in [5.74, 6) is -4.08. The lowest BCUT2D eigenvalue weighted by atomic mass is 10.0. The van der Waals surface area contributed by atoms with Crippen LogP contribution in [0.1, 0.15) is 11.6 Å². The number of hydrogen-bond acceptors (Lipinski definition) is 3. The van der Waals surface area contributed by atoms with Gasteiger partial charge in [-0.1, -0.05) is 12.1 Å². The van der Waals surface area contributed by atoms with Crippen LogP contribution in [-0.2, 0) is 9.53 Å². The molecule has 1 aromatic rings. The molecule has 2 atom stereocenters. The number of likely N-dealkylation sites (N-methyl/N-ethyl adjacent to an activating group) is 1. The third-order valence-corrected chi connectivity index (χ3v) is 3.47. The minimum absolute atomic E-state index is 0.113. The average Bonchev–Trinajstić information content (AvgIpc) is 2.46. The number of alkyl halides is 3. The Hall–Kier alpha value is -1.74. The van der Waals surface area contributed by atoms with Crippen molar-refractivity contribution in [2.24, 2.45) is 0 Å². The van der Waals surface area contributed by atoms with Gasteiger partial charge in [-0.3, -0.25) is 4.79 Å². The second-order valence-corrected chi connectivity index (χ2v) is 5.25. The third-order valence-electron chi connectivity index (χ3n) is 3.47. The molecular formula is C14H15F5N2O2. The minimum atomic E-state index is -4.98. The molecule has 1 aliphatic rings. The second kappa shape index (κ2) is 6.79. The van der Waals surface area contributed by atoms with Crippen molar-refractivity contribution < 1.29 is 31.5 Å². The number of halogens is 5. The number of carbonyl (C=O) groups is 1. The highest BCUT2D eigenvalue weighted by molar-refractivity contribution is 5.81. The lowest BCUT2D eigenvalue weighted by Gasteiger charge is -2.31. The number of hydrogen-bond donors (Lipinski definition) is 1. The van der Waals surface area contributed by atoms with Gasteiger partial charge in [0.05, 0.1) is 6.61 Å². The number of nitrogens with zero attached hydrogens (tertiary/aromatic N) is 1. The van der Waals surface area contributed by atoms with Gasteiger partial charge in [-0.05, 0) is 13.1 Å². The summed E-state index contributed by atoms with van der Waals surface area (Å²) in [5.41, 5.74) is -0.977. The molecule has 1 amide bonds. The van der Waals surface area contributed by atoms with Crippen LogP contribution in [0.2, 0.25) is 0 Å². The zero-order chi connectivity index (χ0) is 17.2. The monoisotopic (exact) mass is 338 g/mol. The van der Waals surface area contributed by atoms with E-state index in [0.717, 1.165) is 12.1 Å². The van der Waals surface area contributed by atoms with E-state index in [1.165, 1.54) is 0 Å². The van der Waals surface area contributed by atoms with Crippen LogP contribution >= 0.6 is 0 Å². The van der Waals surface area contributed by atoms with E-state index in [1.807, 2.05) is 0 Å². The van der Waals surface area contributed by atoms with Crippen molar-refractivity contribution in [1.29, 1.82) is 0 Å². The van der Waals surface area contributed by atoms with E-state index in [1.54, 1.807) is 17.3 Å². The van der Waals surface area contributed by atoms with E-state index in [0.29, 0.717) is 12.6 Å². The van der Waals surface area contributed by atoms with E-state index in [-0.39, 0.29) is 13.2 Å². The maximum absolute atomic E-state index is 13.7. The number of nitrogens with one attached hydrogen (secondary N) is 1. The SMILES string of the molecule is CN1CCO[C@@H](C(=O)N[C@H](c2cccc(F)c2F)C(F)(F)F)C1. The topological polar surface area (TPSA) is 41.6 Å². The first kappa shape index (κ1) is 17.6. The van der Waals surface area contributed by atoms with E-state index >= 15 is 0 Å². The molecule has 0 aliphatic carbocycles. The summed E-state index contributed by atoms with van der Waals surface area (Å²) in [6.07, 6.45) is -6.08. The van der Waals surface area contributed by atoms with Gasteiger partial charge in [-0.15, -0.1) is 0 Å². The highest BCUT2D eigenvalue weighted by Gasteiger charge is 2.44. The normalized spacial score (nSPS) is 21.0. The molecule has 2 rings (SSSR count). The van der Waals surface area contributed by atoms with Crippen molar-refractivity contribution in [3.05, 3.63) is 35.4 Å². The van der Waals surface area contributed by atoms with Crippen LogP contribution < -0.4 is 5.32 Å². The molecule has 1 aromatic carbocycles. The summed E-state index contributed by atoms with van der Waals surface area (Å²) >= 11 is 0. The number of morpholine rings is 1. The Morgan fingerprint density at radius 1 is 1.39 bits per heavy atom. The molecule has 0 bridgehead atoms. The molecule has 1 fully saturated rings. The number of carbonyl (C=O) groups excluding carboxylic acids is 1. The Labute approximate surface area is 129 Å². The Morgan fingerprint density at radius 2 is 2.09 bits per heavy atom. The van der Waals surface area contributed by atoms with Gasteiger partial charge in [-0.25, -0.2) is 8.78 Å². The average molecular weight is 338 g/mol. The quantitative estimate of drug-likeness (QED) is 0.858. The number of ether oxygens (including phenoxy) is 1. The van der Waals surface area contributed by atoms with Crippen LogP contribution in [0.25, 0.3) is 0 Å². The van der Waals surface area contributed by atoms with Gasteiger partial charge >= 0.3 is 6.18 Å². The van der Waals surface area contributed by atoms with Gasteiger partial charge in [0.25, 0.3) is 5.91 Å². The maximum Gasteiger partial charge on any atom is 0.412 e. The van der Waals surface area contributed by atoms with Gasteiger partial charge in [0, 0.05) is 18.7 Å². The molecule has 0 aromatic heterocycles. The fourth-order valence-electron chi connectivity index (χ4n) is 2.25. The minimum Gasteiger partial charge on any atom is -0.366 e. The van der Waals surface area contributed by atoms with Crippen LogP contribution in [0, 0.1) is 11.6 Å². The van der Waals surface area contributed by atoms with Crippen molar-refractivity contribution in [3.63, 3.8) is 0 Å². The van der Waals surface area contributed by atoms with E-state index in [4.69, 9.17) is 4.74 Å². The highest BCUT2D eigenvalue weighted by Crippen LogP contribution is 2.34. The van der Waals surface area contributed by atoms with Crippen molar-refractivity contribution in [3.8, 4) is 0 Å². The zero-order valence-electron chi connectivity index (χ0n) is 12.2. The molecule has 0 spiro atoms. The summed E-state index contributed by atoms with van der Waals surface area (Å²) in [5, 5.41) is 1.71. The van der Waals surface area contributed by atoms with Crippen LogP contribution in [-0.4, -0.2) is 49.8 Å². The molecule has 0 saturated carbocycles. The highest BCUT2D eigenvalue weighted by atomic mass is 19.4. The Balaban J connectivity index is 2.23. The standard InChI is InChI=1S/C14H15F5N2O2/c1-21-5-6-23-10(7-21)13(22)20-12(14(17,18)19)8-3-2-4-9(15)11(8)16/h2-4,10,12H,5-7H2,1H3,(H,20,22)/t10-,12-/m1/s1. The molecule has 0 radical (unpaired) electrons. The fraction of sp³-hybridized carbons (Fsp3) is 0.500. The van der Waals surface area contributed by atoms with E-state index < -0.39 is 41.4 Å². The summed E-state index contributed by atoms with van der Waals surface area (Å²) in [7, 11) is 1.69. The van der Waals surface area contributed by atoms with Gasteiger partial charge in [0.1, 0.15) is 6.10 Å². The Bertz CT molecular complexity index is 579. The number of rotatable bonds is 3. The van der Waals surface area contributed by atoms with Crippen molar-refractivity contribution >= 4 is 5.91 Å². The molecule has 128 valence electrons. The molecule has 1 aliphatic heterocycles. The summed E-state index contributed by atoms with van der Waals surface area (Å²) in [6, 6.07) is -0.219. The van der Waals surface area contributed by atoms with Crippen molar-refractivity contribution in [2.45, 2.75) is 18.3 Å². The molecule has 23 heavy (non-hydrogen) atoms. The smallest absolute Gasteiger partial charge is 0.366 e. The molecule has 9 heteroatoms. The molecular weight excluding hydrogens is 323 g/mol. The number of benzene rings is 1. The van der Waals surface area contributed by atoms with Crippen LogP contribution in [0.3, 0.4) is 0 Å². The van der Waals surface area contributed by atoms with Gasteiger partial charge < -0.3 is 15.0 Å². The van der Waals surface area contributed by atoms with Crippen LogP contribution in [0.5, 0.6) is 0 Å². The molecule has 0 unspecified atom stereocenters. The first-order valence-corrected chi connectivity index (χ1v) is 6.81. The number of amides is 1. The Morgan fingerprint density at radius 3 is 2.70 bits per heavy atom. The van der Waals surface area contributed by atoms with E-state index in [9.17, 15) is 26.7 Å². The van der Waals surface area contributed by atoms with Crippen molar-refractivity contribution in [1.82, 2.24) is 10.2 Å². The fourth-order valence-corrected chi connectivity index (χ4v) is 2.25. The van der Waals surface area contributed by atoms with Crippen LogP contribution in [0.15, 0.2) is 18.2 Å². The van der Waals surface area contributed by atoms with E-state index in [2.05, 4.69) is 0 Å². The Kier molecular flexibility index (Phi) is 5.20. The molecule has 1 saturated heterocycles. The first-order chi connectivity index (χ1) is 10.7. The van der Waals surface area contributed by atoms with Crippen molar-refractivity contribution in [2.75, 3.05) is 26.7 Å². The lowest BCUT2D eigenvalue weighted by molar-refractivity contribution is -0.169. The summed E-state index contributed by atoms with van der Waals surface area (Å²) in [4.78, 5) is 13.7. The van der Waals surface area contributed by atoms with Gasteiger partial charge in [-0.2, -0.15) is 13.2 Å². The first-order valence-electron chi connectivity index (χ1n) is 6.81. The molecule has 1 N–H and O–H groups in total. The zero-order valence-corrected chi connectivity index (χ0v) is 12.2. The van der Waals surface area contributed by atoms with Crippen LogP contribution in [0.4, 0.5) is 22.0 Å². The second-order valence-electron chi connectivity index (χ2n) is 5.25. The third kappa shape index (κ3) is 4.17.